The number of thioether (sulfide) groups is 1. The monoisotopic (exact) mass is 308 g/mol. The molecule has 1 aromatic rings. The number of sulfonamides is 1. The number of hydrogen-bond acceptors (Lipinski definition) is 4. The van der Waals surface area contributed by atoms with Crippen molar-refractivity contribution in [3.05, 3.63) is 23.2 Å². The minimum absolute atomic E-state index is 0.0642. The summed E-state index contributed by atoms with van der Waals surface area (Å²) in [7, 11) is -3.58. The first kappa shape index (κ1) is 15.6. The van der Waals surface area contributed by atoms with Crippen molar-refractivity contribution in [2.45, 2.75) is 24.3 Å². The fourth-order valence-corrected chi connectivity index (χ4v) is 3.84. The Morgan fingerprint density at radius 2 is 2.17 bits per heavy atom. The van der Waals surface area contributed by atoms with Gasteiger partial charge in [0.25, 0.3) is 0 Å². The van der Waals surface area contributed by atoms with Gasteiger partial charge in [-0.3, -0.25) is 0 Å². The third kappa shape index (κ3) is 4.35. The molecule has 0 aliphatic rings. The van der Waals surface area contributed by atoms with Crippen molar-refractivity contribution in [1.82, 2.24) is 4.72 Å². The van der Waals surface area contributed by atoms with E-state index in [2.05, 4.69) is 4.72 Å². The highest BCUT2D eigenvalue weighted by Gasteiger charge is 2.20. The van der Waals surface area contributed by atoms with Crippen molar-refractivity contribution >= 4 is 39.1 Å². The molecule has 102 valence electrons. The number of nitrogens with two attached hydrogens (primary N) is 1. The predicted molar refractivity (Wildman–Crippen MR) is 78.6 cm³/mol. The van der Waals surface area contributed by atoms with Gasteiger partial charge in [0.15, 0.2) is 0 Å². The molecule has 1 aromatic carbocycles. The molecule has 0 radical (unpaired) electrons. The van der Waals surface area contributed by atoms with Crippen molar-refractivity contribution in [2.75, 3.05) is 17.7 Å². The van der Waals surface area contributed by atoms with E-state index in [0.717, 1.165) is 12.2 Å². The Labute approximate surface area is 117 Å². The minimum Gasteiger partial charge on any atom is -0.399 e. The van der Waals surface area contributed by atoms with Crippen molar-refractivity contribution in [1.29, 1.82) is 0 Å². The van der Waals surface area contributed by atoms with Crippen LogP contribution in [-0.4, -0.2) is 26.5 Å². The lowest BCUT2D eigenvalue weighted by atomic mass is 10.3. The normalized spacial score (nSPS) is 13.5. The number of rotatable bonds is 6. The van der Waals surface area contributed by atoms with Crippen LogP contribution in [0.3, 0.4) is 0 Å². The Morgan fingerprint density at radius 1 is 1.50 bits per heavy atom. The first-order chi connectivity index (χ1) is 8.36. The van der Waals surface area contributed by atoms with Gasteiger partial charge in [-0.25, -0.2) is 13.1 Å². The number of nitrogen functional groups attached to an aromatic ring is 1. The molecule has 1 unspecified atom stereocenters. The molecule has 0 spiro atoms. The van der Waals surface area contributed by atoms with E-state index in [4.69, 9.17) is 17.3 Å². The smallest absolute Gasteiger partial charge is 0.242 e. The summed E-state index contributed by atoms with van der Waals surface area (Å²) in [6, 6.07) is 4.24. The molecule has 0 saturated heterocycles. The van der Waals surface area contributed by atoms with Crippen LogP contribution < -0.4 is 10.5 Å². The van der Waals surface area contributed by atoms with E-state index in [1.165, 1.54) is 18.2 Å². The summed E-state index contributed by atoms with van der Waals surface area (Å²) >= 11 is 7.58. The number of halogens is 1. The summed E-state index contributed by atoms with van der Waals surface area (Å²) in [5, 5.41) is 0.138. The van der Waals surface area contributed by atoms with E-state index in [1.54, 1.807) is 11.8 Å². The molecule has 4 nitrogen and oxygen atoms in total. The molecule has 0 aliphatic carbocycles. The van der Waals surface area contributed by atoms with Crippen LogP contribution in [0.25, 0.3) is 0 Å². The second-order valence-electron chi connectivity index (χ2n) is 3.99. The van der Waals surface area contributed by atoms with E-state index in [-0.39, 0.29) is 16.0 Å². The SMILES string of the molecule is CSCCC(C)NS(=O)(=O)c1ccc(N)cc1Cl. The maximum Gasteiger partial charge on any atom is 0.242 e. The standard InChI is InChI=1S/C11H17ClN2O2S2/c1-8(5-6-17-2)14-18(15,16)11-4-3-9(13)7-10(11)12/h3-4,7-8,14H,5-6,13H2,1-2H3. The van der Waals surface area contributed by atoms with Crippen molar-refractivity contribution in [3.63, 3.8) is 0 Å². The van der Waals surface area contributed by atoms with Crippen LogP contribution in [0.4, 0.5) is 5.69 Å². The topological polar surface area (TPSA) is 72.2 Å². The number of hydrogen-bond donors (Lipinski definition) is 2. The van der Waals surface area contributed by atoms with Crippen LogP contribution in [0.5, 0.6) is 0 Å². The minimum atomic E-state index is -3.58. The summed E-state index contributed by atoms with van der Waals surface area (Å²) in [6.45, 7) is 1.83. The second-order valence-corrected chi connectivity index (χ2v) is 7.07. The lowest BCUT2D eigenvalue weighted by Gasteiger charge is -2.14. The van der Waals surface area contributed by atoms with Gasteiger partial charge in [0.05, 0.1) is 5.02 Å². The predicted octanol–water partition coefficient (Wildman–Crippen LogP) is 2.34. The van der Waals surface area contributed by atoms with Crippen LogP contribution in [0.15, 0.2) is 23.1 Å². The van der Waals surface area contributed by atoms with Crippen LogP contribution >= 0.6 is 23.4 Å². The Morgan fingerprint density at radius 3 is 2.72 bits per heavy atom. The second kappa shape index (κ2) is 6.65. The highest BCUT2D eigenvalue weighted by atomic mass is 35.5. The molecule has 0 saturated carbocycles. The van der Waals surface area contributed by atoms with Gasteiger partial charge in [0.1, 0.15) is 4.90 Å². The molecule has 1 atom stereocenters. The van der Waals surface area contributed by atoms with Gasteiger partial charge in [-0.05, 0) is 43.6 Å². The quantitative estimate of drug-likeness (QED) is 0.791. The van der Waals surface area contributed by atoms with Gasteiger partial charge >= 0.3 is 0 Å². The van der Waals surface area contributed by atoms with Crippen LogP contribution in [0.1, 0.15) is 13.3 Å². The molecule has 0 fully saturated rings. The third-order valence-corrected chi connectivity index (χ3v) is 5.07. The largest absolute Gasteiger partial charge is 0.399 e. The number of nitrogens with one attached hydrogen (secondary N) is 1. The maximum atomic E-state index is 12.1. The van der Waals surface area contributed by atoms with E-state index < -0.39 is 10.0 Å². The molecular formula is C11H17ClN2O2S2. The summed E-state index contributed by atoms with van der Waals surface area (Å²) in [4.78, 5) is 0.0642. The van der Waals surface area contributed by atoms with Crippen molar-refractivity contribution in [2.24, 2.45) is 0 Å². The molecule has 18 heavy (non-hydrogen) atoms. The van der Waals surface area contributed by atoms with Gasteiger partial charge < -0.3 is 5.73 Å². The van der Waals surface area contributed by atoms with Crippen molar-refractivity contribution in [3.8, 4) is 0 Å². The number of benzene rings is 1. The van der Waals surface area contributed by atoms with Crippen LogP contribution in [0.2, 0.25) is 5.02 Å². The molecule has 3 N–H and O–H groups in total. The zero-order chi connectivity index (χ0) is 13.8. The van der Waals surface area contributed by atoms with E-state index in [0.29, 0.717) is 5.69 Å². The van der Waals surface area contributed by atoms with Gasteiger partial charge in [0, 0.05) is 11.7 Å². The average molecular weight is 309 g/mol. The van der Waals surface area contributed by atoms with Gasteiger partial charge in [-0.1, -0.05) is 11.6 Å². The fraction of sp³-hybridized carbons (Fsp3) is 0.455. The summed E-state index contributed by atoms with van der Waals surface area (Å²) < 4.78 is 26.8. The zero-order valence-corrected chi connectivity index (χ0v) is 12.7. The van der Waals surface area contributed by atoms with E-state index in [1.807, 2.05) is 13.2 Å². The molecule has 0 heterocycles. The van der Waals surface area contributed by atoms with Gasteiger partial charge in [-0.15, -0.1) is 0 Å². The first-order valence-corrected chi connectivity index (χ1v) is 8.68. The molecule has 7 heteroatoms. The summed E-state index contributed by atoms with van der Waals surface area (Å²) in [5.74, 6) is 0.902. The lowest BCUT2D eigenvalue weighted by Crippen LogP contribution is -2.33. The lowest BCUT2D eigenvalue weighted by molar-refractivity contribution is 0.557. The summed E-state index contributed by atoms with van der Waals surface area (Å²) in [5.41, 5.74) is 5.97. The van der Waals surface area contributed by atoms with Crippen LogP contribution in [-0.2, 0) is 10.0 Å². The summed E-state index contributed by atoms with van der Waals surface area (Å²) in [6.07, 6.45) is 2.76. The molecular weight excluding hydrogens is 292 g/mol. The molecule has 0 aromatic heterocycles. The Balaban J connectivity index is 2.86. The van der Waals surface area contributed by atoms with Gasteiger partial charge in [-0.2, -0.15) is 11.8 Å². The molecule has 0 aliphatic heterocycles. The highest BCUT2D eigenvalue weighted by molar-refractivity contribution is 7.98. The van der Waals surface area contributed by atoms with Crippen LogP contribution in [0, 0.1) is 0 Å². The average Bonchev–Trinajstić information content (AvgIpc) is 2.25. The van der Waals surface area contributed by atoms with Gasteiger partial charge in [0.2, 0.25) is 10.0 Å². The molecule has 0 amide bonds. The molecule has 0 bridgehead atoms. The maximum absolute atomic E-state index is 12.1. The molecule has 1 rings (SSSR count). The Kier molecular flexibility index (Phi) is 5.78. The van der Waals surface area contributed by atoms with E-state index in [9.17, 15) is 8.42 Å². The third-order valence-electron chi connectivity index (χ3n) is 2.36. The van der Waals surface area contributed by atoms with E-state index >= 15 is 0 Å². The highest BCUT2D eigenvalue weighted by Crippen LogP contribution is 2.23. The number of anilines is 1. The Bertz CT molecular complexity index is 506. The zero-order valence-electron chi connectivity index (χ0n) is 10.3. The van der Waals surface area contributed by atoms with Crippen molar-refractivity contribution < 1.29 is 8.42 Å². The first-order valence-electron chi connectivity index (χ1n) is 5.43. The Hall–Kier alpha value is -0.430. The fourth-order valence-electron chi connectivity index (χ4n) is 1.42.